The second-order valence-electron chi connectivity index (χ2n) is 7.72. The van der Waals surface area contributed by atoms with Crippen molar-refractivity contribution in [3.05, 3.63) is 53.6 Å². The van der Waals surface area contributed by atoms with Crippen molar-refractivity contribution < 1.29 is 10.0 Å². The highest BCUT2D eigenvalue weighted by Gasteiger charge is 2.42. The Balaban J connectivity index is 2.12. The van der Waals surface area contributed by atoms with Gasteiger partial charge in [-0.3, -0.25) is 0 Å². The molecule has 0 bridgehead atoms. The molecule has 3 rings (SSSR count). The van der Waals surface area contributed by atoms with Gasteiger partial charge < -0.3 is 10.0 Å². The zero-order chi connectivity index (χ0) is 18.6. The largest absolute Gasteiger partial charge is 0.488 e. The third-order valence-electron chi connectivity index (χ3n) is 6.00. The van der Waals surface area contributed by atoms with E-state index in [9.17, 15) is 10.0 Å². The number of hydrogen-bond acceptors (Lipinski definition) is 2. The highest BCUT2D eigenvalue weighted by Crippen LogP contribution is 2.53. The molecule has 0 unspecified atom stereocenters. The molecule has 26 heavy (non-hydrogen) atoms. The fraction of sp³-hybridized carbons (Fsp3) is 0.478. The number of rotatable bonds is 9. The lowest BCUT2D eigenvalue weighted by Gasteiger charge is -2.33. The normalized spacial score (nSPS) is 14.2. The van der Waals surface area contributed by atoms with Gasteiger partial charge in [-0.2, -0.15) is 0 Å². The molecule has 2 aromatic carbocycles. The molecule has 0 spiro atoms. The van der Waals surface area contributed by atoms with Crippen molar-refractivity contribution in [2.75, 3.05) is 0 Å². The van der Waals surface area contributed by atoms with Crippen LogP contribution in [0.2, 0.25) is 0 Å². The third kappa shape index (κ3) is 3.48. The Bertz CT molecular complexity index is 729. The van der Waals surface area contributed by atoms with E-state index < -0.39 is 7.12 Å². The summed E-state index contributed by atoms with van der Waals surface area (Å²) in [7, 11) is -1.41. The molecule has 2 nitrogen and oxygen atoms in total. The van der Waals surface area contributed by atoms with Gasteiger partial charge in [0.15, 0.2) is 0 Å². The Hall–Kier alpha value is -1.58. The van der Waals surface area contributed by atoms with E-state index in [2.05, 4.69) is 50.2 Å². The van der Waals surface area contributed by atoms with E-state index >= 15 is 0 Å². The molecule has 0 saturated carbocycles. The van der Waals surface area contributed by atoms with Gasteiger partial charge in [0, 0.05) is 5.41 Å². The highest BCUT2D eigenvalue weighted by molar-refractivity contribution is 6.58. The van der Waals surface area contributed by atoms with Gasteiger partial charge in [0.2, 0.25) is 0 Å². The van der Waals surface area contributed by atoms with Crippen LogP contribution in [0.25, 0.3) is 11.1 Å². The second-order valence-corrected chi connectivity index (χ2v) is 7.72. The van der Waals surface area contributed by atoms with Crippen LogP contribution in [0.15, 0.2) is 42.5 Å². The van der Waals surface area contributed by atoms with E-state index in [1.807, 2.05) is 6.07 Å². The van der Waals surface area contributed by atoms with Gasteiger partial charge in [0.05, 0.1) is 0 Å². The standard InChI is InChI=1S/C23H31BO2/c1-3-5-9-15-23(16-10-6-4-2)21-12-8-7-11-19(21)20-14-13-18(24(25)26)17-22(20)23/h7-8,11-14,17,25-26H,3-6,9-10,15-16H2,1-2H3. The Labute approximate surface area is 158 Å². The van der Waals surface area contributed by atoms with Crippen molar-refractivity contribution >= 4 is 12.6 Å². The number of fused-ring (bicyclic) bond motifs is 3. The van der Waals surface area contributed by atoms with Crippen LogP contribution in [-0.2, 0) is 5.41 Å². The maximum absolute atomic E-state index is 9.73. The average Bonchev–Trinajstić information content (AvgIpc) is 2.92. The second kappa shape index (κ2) is 8.41. The van der Waals surface area contributed by atoms with Crippen molar-refractivity contribution in [3.8, 4) is 11.1 Å². The first-order valence-electron chi connectivity index (χ1n) is 10.2. The summed E-state index contributed by atoms with van der Waals surface area (Å²) in [5.41, 5.74) is 5.96. The van der Waals surface area contributed by atoms with Gasteiger partial charge in [-0.25, -0.2) is 0 Å². The minimum atomic E-state index is -1.41. The molecule has 1 aliphatic carbocycles. The summed E-state index contributed by atoms with van der Waals surface area (Å²) in [6.45, 7) is 4.50. The molecule has 0 aromatic heterocycles. The molecule has 3 heteroatoms. The molecule has 0 atom stereocenters. The Morgan fingerprint density at radius 2 is 1.38 bits per heavy atom. The zero-order valence-electron chi connectivity index (χ0n) is 16.2. The van der Waals surface area contributed by atoms with Gasteiger partial charge in [0.25, 0.3) is 0 Å². The van der Waals surface area contributed by atoms with Crippen LogP contribution >= 0.6 is 0 Å². The van der Waals surface area contributed by atoms with E-state index in [1.165, 1.54) is 60.8 Å². The van der Waals surface area contributed by atoms with Crippen molar-refractivity contribution in [1.82, 2.24) is 0 Å². The molecule has 2 N–H and O–H groups in total. The smallest absolute Gasteiger partial charge is 0.423 e. The summed E-state index contributed by atoms with van der Waals surface area (Å²) in [5.74, 6) is 0. The molecule has 2 aromatic rings. The van der Waals surface area contributed by atoms with Crippen LogP contribution in [0.3, 0.4) is 0 Å². The maximum atomic E-state index is 9.73. The van der Waals surface area contributed by atoms with Crippen LogP contribution in [-0.4, -0.2) is 17.2 Å². The molecule has 0 radical (unpaired) electrons. The average molecular weight is 350 g/mol. The third-order valence-corrected chi connectivity index (χ3v) is 6.00. The van der Waals surface area contributed by atoms with Crippen molar-refractivity contribution in [1.29, 1.82) is 0 Å². The monoisotopic (exact) mass is 350 g/mol. The predicted octanol–water partition coefficient (Wildman–Crippen LogP) is 4.79. The summed E-state index contributed by atoms with van der Waals surface area (Å²) >= 11 is 0. The van der Waals surface area contributed by atoms with Crippen molar-refractivity contribution in [2.45, 2.75) is 70.6 Å². The lowest BCUT2D eigenvalue weighted by molar-refractivity contribution is 0.404. The Morgan fingerprint density at radius 3 is 2.00 bits per heavy atom. The molecule has 0 amide bonds. The molecule has 0 heterocycles. The molecule has 1 aliphatic rings. The fourth-order valence-electron chi connectivity index (χ4n) is 4.65. The van der Waals surface area contributed by atoms with Crippen molar-refractivity contribution in [3.63, 3.8) is 0 Å². The van der Waals surface area contributed by atoms with Crippen LogP contribution in [0.4, 0.5) is 0 Å². The van der Waals surface area contributed by atoms with Crippen LogP contribution in [0.1, 0.15) is 76.3 Å². The minimum absolute atomic E-state index is 0.0150. The maximum Gasteiger partial charge on any atom is 0.488 e. The lowest BCUT2D eigenvalue weighted by atomic mass is 9.68. The van der Waals surface area contributed by atoms with Gasteiger partial charge >= 0.3 is 7.12 Å². The Morgan fingerprint density at radius 1 is 0.769 bits per heavy atom. The summed E-state index contributed by atoms with van der Waals surface area (Å²) in [5, 5.41) is 19.5. The summed E-state index contributed by atoms with van der Waals surface area (Å²) in [4.78, 5) is 0. The SMILES string of the molecule is CCCCCC1(CCCCC)c2ccccc2-c2ccc(B(O)O)cc21. The molecule has 138 valence electrons. The molecule has 0 aliphatic heterocycles. The van der Waals surface area contributed by atoms with Gasteiger partial charge in [-0.15, -0.1) is 0 Å². The van der Waals surface area contributed by atoms with Gasteiger partial charge in [-0.1, -0.05) is 94.8 Å². The molecular formula is C23H31BO2. The fourth-order valence-corrected chi connectivity index (χ4v) is 4.65. The first-order chi connectivity index (χ1) is 12.6. The van der Waals surface area contributed by atoms with Gasteiger partial charge in [0.1, 0.15) is 0 Å². The molecule has 0 saturated heterocycles. The van der Waals surface area contributed by atoms with Crippen LogP contribution in [0, 0.1) is 0 Å². The topological polar surface area (TPSA) is 40.5 Å². The molecular weight excluding hydrogens is 319 g/mol. The van der Waals surface area contributed by atoms with E-state index in [0.29, 0.717) is 5.46 Å². The lowest BCUT2D eigenvalue weighted by Crippen LogP contribution is -2.32. The minimum Gasteiger partial charge on any atom is -0.423 e. The van der Waals surface area contributed by atoms with Crippen LogP contribution < -0.4 is 5.46 Å². The highest BCUT2D eigenvalue weighted by atomic mass is 16.4. The van der Waals surface area contributed by atoms with E-state index in [-0.39, 0.29) is 5.41 Å². The van der Waals surface area contributed by atoms with Crippen molar-refractivity contribution in [2.24, 2.45) is 0 Å². The predicted molar refractivity (Wildman–Crippen MR) is 111 cm³/mol. The summed E-state index contributed by atoms with van der Waals surface area (Å²) in [6.07, 6.45) is 9.62. The van der Waals surface area contributed by atoms with E-state index in [1.54, 1.807) is 0 Å². The summed E-state index contributed by atoms with van der Waals surface area (Å²) < 4.78 is 0. The zero-order valence-corrected chi connectivity index (χ0v) is 16.2. The quantitative estimate of drug-likeness (QED) is 0.504. The van der Waals surface area contributed by atoms with E-state index in [4.69, 9.17) is 0 Å². The first-order valence-corrected chi connectivity index (χ1v) is 10.2. The number of hydrogen-bond donors (Lipinski definition) is 2. The Kier molecular flexibility index (Phi) is 6.21. The first kappa shape index (κ1) is 19.2. The number of unbranched alkanes of at least 4 members (excludes halogenated alkanes) is 4. The van der Waals surface area contributed by atoms with Crippen LogP contribution in [0.5, 0.6) is 0 Å². The van der Waals surface area contributed by atoms with E-state index in [0.717, 1.165) is 12.8 Å². The van der Waals surface area contributed by atoms with Gasteiger partial charge in [-0.05, 0) is 40.6 Å². The number of benzene rings is 2. The molecule has 0 fully saturated rings. The summed E-state index contributed by atoms with van der Waals surface area (Å²) in [6, 6.07) is 14.8.